The molecule has 0 aromatic carbocycles. The van der Waals surface area contributed by atoms with Gasteiger partial charge in [0.2, 0.25) is 0 Å². The number of carbonyl (C=O) groups is 2. The number of rotatable bonds is 42. The van der Waals surface area contributed by atoms with Gasteiger partial charge in [-0.15, -0.1) is 0 Å². The Balaban J connectivity index is 4.30. The molecule has 0 amide bonds. The second-order valence-corrected chi connectivity index (χ2v) is 15.3. The van der Waals surface area contributed by atoms with Crippen LogP contribution in [0.4, 0.5) is 0 Å². The van der Waals surface area contributed by atoms with Crippen molar-refractivity contribution in [3.05, 3.63) is 72.9 Å². The summed E-state index contributed by atoms with van der Waals surface area (Å²) in [6, 6.07) is 0. The molecule has 0 rings (SSSR count). The molecular weight excluding hydrogens is 693 g/mol. The molecule has 0 aromatic heterocycles. The van der Waals surface area contributed by atoms with E-state index in [9.17, 15) is 9.59 Å². The Morgan fingerprint density at radius 3 is 1.38 bits per heavy atom. The molecule has 0 aliphatic carbocycles. The molecule has 322 valence electrons. The van der Waals surface area contributed by atoms with Crippen LogP contribution in [0.5, 0.6) is 0 Å². The fraction of sp³-hybridized carbons (Fsp3) is 0.725. The van der Waals surface area contributed by atoms with Crippen LogP contribution in [-0.2, 0) is 23.8 Å². The van der Waals surface area contributed by atoms with Gasteiger partial charge in [-0.25, -0.2) is 0 Å². The van der Waals surface area contributed by atoms with E-state index in [-0.39, 0.29) is 25.2 Å². The first kappa shape index (κ1) is 53.3. The van der Waals surface area contributed by atoms with Gasteiger partial charge in [0.1, 0.15) is 6.61 Å². The quantitative estimate of drug-likeness (QED) is 0.0351. The summed E-state index contributed by atoms with van der Waals surface area (Å²) in [6.45, 7) is 7.56. The van der Waals surface area contributed by atoms with Crippen LogP contribution >= 0.6 is 0 Å². The van der Waals surface area contributed by atoms with Crippen LogP contribution in [0.3, 0.4) is 0 Å². The minimum atomic E-state index is -0.553. The van der Waals surface area contributed by atoms with E-state index in [1.807, 2.05) is 0 Å². The second kappa shape index (κ2) is 46.7. The van der Waals surface area contributed by atoms with Crippen molar-refractivity contribution in [1.29, 1.82) is 0 Å². The molecule has 56 heavy (non-hydrogen) atoms. The van der Waals surface area contributed by atoms with Gasteiger partial charge in [0.05, 0.1) is 6.61 Å². The zero-order chi connectivity index (χ0) is 40.7. The highest BCUT2D eigenvalue weighted by Crippen LogP contribution is 2.13. The molecule has 0 radical (unpaired) electrons. The maximum Gasteiger partial charge on any atom is 0.306 e. The van der Waals surface area contributed by atoms with Gasteiger partial charge in [-0.1, -0.05) is 177 Å². The van der Waals surface area contributed by atoms with Crippen molar-refractivity contribution in [3.63, 3.8) is 0 Å². The van der Waals surface area contributed by atoms with Crippen molar-refractivity contribution >= 4 is 11.9 Å². The molecule has 0 N–H and O–H groups in total. The van der Waals surface area contributed by atoms with Crippen molar-refractivity contribution < 1.29 is 23.8 Å². The summed E-state index contributed by atoms with van der Waals surface area (Å²) in [4.78, 5) is 25.2. The minimum Gasteiger partial charge on any atom is -0.462 e. The third-order valence-electron chi connectivity index (χ3n) is 9.68. The lowest BCUT2D eigenvalue weighted by atomic mass is 10.1. The molecule has 1 unspecified atom stereocenters. The number of hydrogen-bond donors (Lipinski definition) is 0. The normalized spacial score (nSPS) is 12.8. The topological polar surface area (TPSA) is 61.8 Å². The SMILES string of the molecule is CC/C=C\C/C=C\C/C=C\CCCCCCCCOCC(COC(=O)CCCCCCC/C=C\C/C=C\CCC)OC(=O)CCCCCCC/C=C\CCCC. The van der Waals surface area contributed by atoms with Crippen molar-refractivity contribution in [2.45, 2.75) is 219 Å². The lowest BCUT2D eigenvalue weighted by molar-refractivity contribution is -0.163. The van der Waals surface area contributed by atoms with Crippen LogP contribution in [0.1, 0.15) is 213 Å². The molecule has 0 aliphatic heterocycles. The molecule has 1 atom stereocenters. The molecule has 5 nitrogen and oxygen atoms in total. The Morgan fingerprint density at radius 1 is 0.411 bits per heavy atom. The third-order valence-corrected chi connectivity index (χ3v) is 9.68. The van der Waals surface area contributed by atoms with Crippen molar-refractivity contribution in [1.82, 2.24) is 0 Å². The van der Waals surface area contributed by atoms with Gasteiger partial charge in [-0.2, -0.15) is 0 Å². The number of esters is 2. The van der Waals surface area contributed by atoms with E-state index in [0.717, 1.165) is 96.3 Å². The van der Waals surface area contributed by atoms with E-state index in [0.29, 0.717) is 19.4 Å². The van der Waals surface area contributed by atoms with E-state index in [4.69, 9.17) is 14.2 Å². The standard InChI is InChI=1S/C51H88O5/c1-4-7-10-13-16-19-22-24-25-26-28-31-34-37-40-43-46-54-47-49(56-51(53)45-42-39-36-33-29-21-18-15-12-9-6-3)48-55-50(52)44-41-38-35-32-30-27-23-20-17-14-11-8-5-2/h7,10-11,14-16,18-20,23-25,49H,4-6,8-9,12-13,17,21-22,26-48H2,1-3H3/b10-7-,14-11-,18-15-,19-16-,23-20-,25-24-. The highest BCUT2D eigenvalue weighted by atomic mass is 16.6. The average Bonchev–Trinajstić information content (AvgIpc) is 3.20. The molecule has 0 aliphatic rings. The summed E-state index contributed by atoms with van der Waals surface area (Å²) in [5.74, 6) is -0.435. The van der Waals surface area contributed by atoms with Gasteiger partial charge < -0.3 is 14.2 Å². The van der Waals surface area contributed by atoms with E-state index in [1.165, 1.54) is 83.5 Å². The molecule has 0 spiro atoms. The average molecular weight is 781 g/mol. The monoisotopic (exact) mass is 781 g/mol. The van der Waals surface area contributed by atoms with E-state index >= 15 is 0 Å². The molecular formula is C51H88O5. The Labute approximate surface area is 347 Å². The van der Waals surface area contributed by atoms with Gasteiger partial charge in [0.15, 0.2) is 6.10 Å². The predicted octanol–water partition coefficient (Wildman–Crippen LogP) is 15.6. The Morgan fingerprint density at radius 2 is 0.839 bits per heavy atom. The lowest BCUT2D eigenvalue weighted by Gasteiger charge is -2.18. The Bertz CT molecular complexity index is 1020. The van der Waals surface area contributed by atoms with Crippen molar-refractivity contribution in [3.8, 4) is 0 Å². The van der Waals surface area contributed by atoms with E-state index < -0.39 is 6.10 Å². The molecule has 0 saturated heterocycles. The molecule has 5 heteroatoms. The summed E-state index contributed by atoms with van der Waals surface area (Å²) in [5, 5.41) is 0. The van der Waals surface area contributed by atoms with Gasteiger partial charge in [0.25, 0.3) is 0 Å². The molecule has 0 saturated carbocycles. The number of unbranched alkanes of at least 4 members (excludes halogenated alkanes) is 19. The van der Waals surface area contributed by atoms with Gasteiger partial charge in [0, 0.05) is 19.4 Å². The van der Waals surface area contributed by atoms with Gasteiger partial charge >= 0.3 is 11.9 Å². The zero-order valence-corrected chi connectivity index (χ0v) is 36.9. The van der Waals surface area contributed by atoms with E-state index in [1.54, 1.807) is 0 Å². The summed E-state index contributed by atoms with van der Waals surface area (Å²) in [6.07, 6.45) is 59.0. The Kier molecular flexibility index (Phi) is 44.5. The summed E-state index contributed by atoms with van der Waals surface area (Å²) in [7, 11) is 0. The predicted molar refractivity (Wildman–Crippen MR) is 242 cm³/mol. The lowest BCUT2D eigenvalue weighted by Crippen LogP contribution is -2.30. The molecule has 0 heterocycles. The van der Waals surface area contributed by atoms with Crippen LogP contribution in [0.2, 0.25) is 0 Å². The Hall–Kier alpha value is -2.66. The smallest absolute Gasteiger partial charge is 0.306 e. The van der Waals surface area contributed by atoms with Crippen LogP contribution in [0, 0.1) is 0 Å². The zero-order valence-electron chi connectivity index (χ0n) is 36.9. The van der Waals surface area contributed by atoms with Crippen LogP contribution in [-0.4, -0.2) is 37.9 Å². The van der Waals surface area contributed by atoms with Gasteiger partial charge in [-0.05, 0) is 96.3 Å². The highest BCUT2D eigenvalue weighted by molar-refractivity contribution is 5.70. The second-order valence-electron chi connectivity index (χ2n) is 15.3. The minimum absolute atomic E-state index is 0.0668. The summed E-state index contributed by atoms with van der Waals surface area (Å²) < 4.78 is 17.3. The van der Waals surface area contributed by atoms with E-state index in [2.05, 4.69) is 93.7 Å². The maximum atomic E-state index is 12.7. The first-order valence-electron chi connectivity index (χ1n) is 23.5. The fourth-order valence-corrected chi connectivity index (χ4v) is 6.19. The number of ether oxygens (including phenoxy) is 3. The number of carbonyl (C=O) groups excluding carboxylic acids is 2. The fourth-order valence-electron chi connectivity index (χ4n) is 6.19. The van der Waals surface area contributed by atoms with Crippen LogP contribution in [0.15, 0.2) is 72.9 Å². The largest absolute Gasteiger partial charge is 0.462 e. The molecule has 0 fully saturated rings. The number of allylic oxidation sites excluding steroid dienone is 12. The van der Waals surface area contributed by atoms with Crippen LogP contribution in [0.25, 0.3) is 0 Å². The van der Waals surface area contributed by atoms with Gasteiger partial charge in [-0.3, -0.25) is 9.59 Å². The maximum absolute atomic E-state index is 12.7. The van der Waals surface area contributed by atoms with Crippen molar-refractivity contribution in [2.75, 3.05) is 19.8 Å². The van der Waals surface area contributed by atoms with Crippen LogP contribution < -0.4 is 0 Å². The number of hydrogen-bond acceptors (Lipinski definition) is 5. The highest BCUT2D eigenvalue weighted by Gasteiger charge is 2.17. The summed E-state index contributed by atoms with van der Waals surface area (Å²) >= 11 is 0. The first-order chi connectivity index (χ1) is 27.6. The third kappa shape index (κ3) is 44.1. The molecule has 0 aromatic rings. The first-order valence-corrected chi connectivity index (χ1v) is 23.5. The molecule has 0 bridgehead atoms. The van der Waals surface area contributed by atoms with Crippen molar-refractivity contribution in [2.24, 2.45) is 0 Å². The summed E-state index contributed by atoms with van der Waals surface area (Å²) in [5.41, 5.74) is 0.